The highest BCUT2D eigenvalue weighted by Crippen LogP contribution is 2.42. The van der Waals surface area contributed by atoms with Crippen molar-refractivity contribution >= 4 is 35.0 Å². The molecule has 0 amide bonds. The molecule has 0 heterocycles. The normalized spacial score (nSPS) is 17.1. The van der Waals surface area contributed by atoms with E-state index in [1.807, 2.05) is 6.92 Å². The second kappa shape index (κ2) is 6.02. The molecule has 1 aromatic carbocycles. The Balaban J connectivity index is 2.35. The fraction of sp³-hybridized carbons (Fsp3) is 0.429. The summed E-state index contributed by atoms with van der Waals surface area (Å²) in [5, 5.41) is 8.88. The quantitative estimate of drug-likeness (QED) is 0.901. The summed E-state index contributed by atoms with van der Waals surface area (Å²) in [6.45, 7) is 1.52. The highest BCUT2D eigenvalue weighted by Gasteiger charge is 2.34. The number of hydrogen-bond donors (Lipinski definition) is 1. The Labute approximate surface area is 126 Å². The zero-order valence-electron chi connectivity index (χ0n) is 10.9. The molecule has 0 radical (unpaired) electrons. The Kier molecular flexibility index (Phi) is 4.55. The van der Waals surface area contributed by atoms with Crippen molar-refractivity contribution in [2.24, 2.45) is 5.92 Å². The van der Waals surface area contributed by atoms with Crippen LogP contribution in [0.3, 0.4) is 0 Å². The van der Waals surface area contributed by atoms with Crippen molar-refractivity contribution < 1.29 is 19.4 Å². The summed E-state index contributed by atoms with van der Waals surface area (Å²) in [6, 6.07) is 1.63. The number of carboxylic acids is 1. The van der Waals surface area contributed by atoms with Crippen LogP contribution < -0.4 is 4.74 Å². The molecule has 1 aromatic rings. The van der Waals surface area contributed by atoms with Gasteiger partial charge in [-0.1, -0.05) is 36.5 Å². The molecule has 108 valence electrons. The standard InChI is InChI=1S/C14H14Cl2O4/c1-2-3-7-4-8-5-9(20-6-10(17)18)12(15)13(16)11(8)14(7)19/h5,7H,2-4,6H2,1H3,(H,17,18)/t7-/m1/s1. The monoisotopic (exact) mass is 316 g/mol. The first kappa shape index (κ1) is 15.1. The van der Waals surface area contributed by atoms with Crippen LogP contribution in [0.5, 0.6) is 5.75 Å². The molecule has 1 aliphatic rings. The van der Waals surface area contributed by atoms with Gasteiger partial charge in [-0.2, -0.15) is 0 Å². The molecule has 0 aromatic heterocycles. The van der Waals surface area contributed by atoms with Gasteiger partial charge >= 0.3 is 5.97 Å². The molecule has 20 heavy (non-hydrogen) atoms. The number of aliphatic carboxylic acids is 1. The second-order valence-corrected chi connectivity index (χ2v) is 5.53. The van der Waals surface area contributed by atoms with Crippen molar-refractivity contribution in [2.75, 3.05) is 6.61 Å². The Hall–Kier alpha value is -1.26. The number of halogens is 2. The smallest absolute Gasteiger partial charge is 0.341 e. The van der Waals surface area contributed by atoms with Crippen LogP contribution in [0.1, 0.15) is 35.7 Å². The third-order valence-corrected chi connectivity index (χ3v) is 4.18. The van der Waals surface area contributed by atoms with Crippen LogP contribution in [-0.4, -0.2) is 23.5 Å². The van der Waals surface area contributed by atoms with Gasteiger partial charge in [0.25, 0.3) is 0 Å². The van der Waals surface area contributed by atoms with Crippen LogP contribution in [0, 0.1) is 5.92 Å². The van der Waals surface area contributed by atoms with Crippen molar-refractivity contribution in [1.29, 1.82) is 0 Å². The second-order valence-electron chi connectivity index (χ2n) is 4.77. The van der Waals surface area contributed by atoms with Crippen LogP contribution in [0.25, 0.3) is 0 Å². The lowest BCUT2D eigenvalue weighted by Crippen LogP contribution is -2.10. The maximum atomic E-state index is 12.3. The molecular formula is C14H14Cl2O4. The molecule has 0 fully saturated rings. The first-order valence-corrected chi connectivity index (χ1v) is 7.11. The van der Waals surface area contributed by atoms with Crippen molar-refractivity contribution in [3.05, 3.63) is 27.2 Å². The lowest BCUT2D eigenvalue weighted by Gasteiger charge is -2.10. The summed E-state index contributed by atoms with van der Waals surface area (Å²) in [5.41, 5.74) is 1.24. The zero-order valence-corrected chi connectivity index (χ0v) is 12.4. The van der Waals surface area contributed by atoms with Gasteiger partial charge in [-0.25, -0.2) is 4.79 Å². The van der Waals surface area contributed by atoms with Gasteiger partial charge in [0.2, 0.25) is 0 Å². The van der Waals surface area contributed by atoms with E-state index in [9.17, 15) is 9.59 Å². The molecule has 1 aliphatic carbocycles. The van der Waals surface area contributed by atoms with Gasteiger partial charge in [-0.15, -0.1) is 0 Å². The van der Waals surface area contributed by atoms with Gasteiger partial charge in [0.15, 0.2) is 12.4 Å². The van der Waals surface area contributed by atoms with E-state index in [1.54, 1.807) is 6.07 Å². The zero-order chi connectivity index (χ0) is 14.9. The minimum Gasteiger partial charge on any atom is -0.480 e. The predicted octanol–water partition coefficient (Wildman–Crippen LogP) is 3.61. The molecule has 0 saturated heterocycles. The SMILES string of the molecule is CCC[C@@H]1Cc2cc(OCC(=O)O)c(Cl)c(Cl)c2C1=O. The van der Waals surface area contributed by atoms with Gasteiger partial charge in [0, 0.05) is 11.5 Å². The topological polar surface area (TPSA) is 63.6 Å². The molecule has 2 rings (SSSR count). The number of carboxylic acid groups (broad SMARTS) is 1. The van der Waals surface area contributed by atoms with E-state index in [4.69, 9.17) is 33.0 Å². The van der Waals surface area contributed by atoms with Crippen molar-refractivity contribution in [3.8, 4) is 5.75 Å². The van der Waals surface area contributed by atoms with Gasteiger partial charge in [-0.3, -0.25) is 4.79 Å². The van der Waals surface area contributed by atoms with E-state index >= 15 is 0 Å². The number of ether oxygens (including phenoxy) is 1. The fourth-order valence-corrected chi connectivity index (χ4v) is 2.98. The number of carbonyl (C=O) groups is 2. The van der Waals surface area contributed by atoms with E-state index < -0.39 is 12.6 Å². The van der Waals surface area contributed by atoms with Crippen LogP contribution in [-0.2, 0) is 11.2 Å². The van der Waals surface area contributed by atoms with Gasteiger partial charge in [-0.05, 0) is 24.5 Å². The third kappa shape index (κ3) is 2.76. The average molecular weight is 317 g/mol. The van der Waals surface area contributed by atoms with E-state index in [0.29, 0.717) is 12.0 Å². The van der Waals surface area contributed by atoms with E-state index in [1.165, 1.54) is 0 Å². The summed E-state index contributed by atoms with van der Waals surface area (Å²) in [6.07, 6.45) is 2.31. The minimum absolute atomic E-state index is 0.0125. The van der Waals surface area contributed by atoms with Crippen molar-refractivity contribution in [2.45, 2.75) is 26.2 Å². The van der Waals surface area contributed by atoms with Crippen LogP contribution in [0.4, 0.5) is 0 Å². The van der Waals surface area contributed by atoms with Crippen molar-refractivity contribution in [3.63, 3.8) is 0 Å². The number of hydrogen-bond acceptors (Lipinski definition) is 3. The number of Topliss-reactive ketones (excluding diaryl/α,β-unsaturated/α-hetero) is 1. The maximum absolute atomic E-state index is 12.3. The molecule has 6 heteroatoms. The number of ketones is 1. The Morgan fingerprint density at radius 2 is 2.15 bits per heavy atom. The lowest BCUT2D eigenvalue weighted by atomic mass is 10.00. The van der Waals surface area contributed by atoms with Gasteiger partial charge in [0.05, 0.1) is 5.02 Å². The molecule has 0 unspecified atom stereocenters. The third-order valence-electron chi connectivity index (χ3n) is 3.33. The van der Waals surface area contributed by atoms with Crippen LogP contribution >= 0.6 is 23.2 Å². The minimum atomic E-state index is -1.10. The number of rotatable bonds is 5. The van der Waals surface area contributed by atoms with E-state index in [2.05, 4.69) is 0 Å². The molecule has 1 N–H and O–H groups in total. The van der Waals surface area contributed by atoms with Gasteiger partial charge in [0.1, 0.15) is 10.8 Å². The van der Waals surface area contributed by atoms with Crippen LogP contribution in [0.15, 0.2) is 6.07 Å². The number of carbonyl (C=O) groups excluding carboxylic acids is 1. The van der Waals surface area contributed by atoms with Crippen molar-refractivity contribution in [1.82, 2.24) is 0 Å². The molecule has 0 bridgehead atoms. The number of benzene rings is 1. The lowest BCUT2D eigenvalue weighted by molar-refractivity contribution is -0.139. The first-order valence-electron chi connectivity index (χ1n) is 6.35. The highest BCUT2D eigenvalue weighted by molar-refractivity contribution is 6.45. The maximum Gasteiger partial charge on any atom is 0.341 e. The molecule has 1 atom stereocenters. The molecule has 0 aliphatic heterocycles. The largest absolute Gasteiger partial charge is 0.480 e. The highest BCUT2D eigenvalue weighted by atomic mass is 35.5. The summed E-state index contributed by atoms with van der Waals surface area (Å²) < 4.78 is 5.11. The van der Waals surface area contributed by atoms with Crippen LogP contribution in [0.2, 0.25) is 10.0 Å². The molecular weight excluding hydrogens is 303 g/mol. The molecule has 0 saturated carbocycles. The Morgan fingerprint density at radius 3 is 2.75 bits per heavy atom. The molecule has 0 spiro atoms. The predicted molar refractivity (Wildman–Crippen MR) is 76.0 cm³/mol. The van der Waals surface area contributed by atoms with Gasteiger partial charge < -0.3 is 9.84 Å². The Morgan fingerprint density at radius 1 is 1.45 bits per heavy atom. The first-order chi connectivity index (χ1) is 9.45. The summed E-state index contributed by atoms with van der Waals surface area (Å²) >= 11 is 12.2. The Bertz CT molecular complexity index is 569. The fourth-order valence-electron chi connectivity index (χ4n) is 2.47. The summed E-state index contributed by atoms with van der Waals surface area (Å²) in [4.78, 5) is 22.8. The van der Waals surface area contributed by atoms with E-state index in [0.717, 1.165) is 18.4 Å². The summed E-state index contributed by atoms with van der Waals surface area (Å²) in [7, 11) is 0. The summed E-state index contributed by atoms with van der Waals surface area (Å²) in [5.74, 6) is -0.947. The van der Waals surface area contributed by atoms with E-state index in [-0.39, 0.29) is 27.5 Å². The average Bonchev–Trinajstić information content (AvgIpc) is 2.69. The molecule has 4 nitrogen and oxygen atoms in total. The number of fused-ring (bicyclic) bond motifs is 1.